The molecule has 96 valence electrons. The second-order valence-electron chi connectivity index (χ2n) is 4.66. The Morgan fingerprint density at radius 2 is 1.89 bits per heavy atom. The SMILES string of the molecule is C[C@H]1C[C@@H]1C(=O)NNC(=O)Cc1ccc(F)cc1. The first kappa shape index (κ1) is 12.5. The van der Waals surface area contributed by atoms with Crippen molar-refractivity contribution in [2.75, 3.05) is 0 Å². The molecule has 4 nitrogen and oxygen atoms in total. The van der Waals surface area contributed by atoms with E-state index in [1.807, 2.05) is 6.92 Å². The Morgan fingerprint density at radius 1 is 1.28 bits per heavy atom. The molecule has 0 aromatic heterocycles. The van der Waals surface area contributed by atoms with Crippen LogP contribution in [0.15, 0.2) is 24.3 Å². The summed E-state index contributed by atoms with van der Waals surface area (Å²) >= 11 is 0. The molecule has 0 radical (unpaired) electrons. The van der Waals surface area contributed by atoms with Gasteiger partial charge in [0.25, 0.3) is 0 Å². The maximum Gasteiger partial charge on any atom is 0.242 e. The highest BCUT2D eigenvalue weighted by atomic mass is 19.1. The first-order chi connectivity index (χ1) is 8.56. The van der Waals surface area contributed by atoms with Crippen LogP contribution in [-0.2, 0) is 16.0 Å². The third-order valence-corrected chi connectivity index (χ3v) is 3.05. The highest BCUT2D eigenvalue weighted by Crippen LogP contribution is 2.37. The van der Waals surface area contributed by atoms with E-state index in [2.05, 4.69) is 10.9 Å². The molecule has 1 aromatic rings. The van der Waals surface area contributed by atoms with Crippen LogP contribution in [0.1, 0.15) is 18.9 Å². The number of rotatable bonds is 3. The second kappa shape index (κ2) is 5.16. The van der Waals surface area contributed by atoms with Crippen molar-refractivity contribution in [1.29, 1.82) is 0 Å². The molecule has 1 aliphatic rings. The Morgan fingerprint density at radius 3 is 2.44 bits per heavy atom. The van der Waals surface area contributed by atoms with Gasteiger partial charge in [0.15, 0.2) is 0 Å². The Balaban J connectivity index is 1.75. The van der Waals surface area contributed by atoms with Gasteiger partial charge in [-0.3, -0.25) is 20.4 Å². The van der Waals surface area contributed by atoms with E-state index in [0.717, 1.165) is 6.42 Å². The molecule has 0 unspecified atom stereocenters. The van der Waals surface area contributed by atoms with Gasteiger partial charge in [0, 0.05) is 5.92 Å². The van der Waals surface area contributed by atoms with E-state index in [-0.39, 0.29) is 30.0 Å². The van der Waals surface area contributed by atoms with Gasteiger partial charge in [-0.25, -0.2) is 4.39 Å². The molecular weight excluding hydrogens is 235 g/mol. The molecule has 2 N–H and O–H groups in total. The van der Waals surface area contributed by atoms with Crippen LogP contribution in [0.3, 0.4) is 0 Å². The number of nitrogens with one attached hydrogen (secondary N) is 2. The second-order valence-corrected chi connectivity index (χ2v) is 4.66. The molecule has 1 saturated carbocycles. The van der Waals surface area contributed by atoms with E-state index in [9.17, 15) is 14.0 Å². The zero-order valence-electron chi connectivity index (χ0n) is 10.1. The van der Waals surface area contributed by atoms with Crippen LogP contribution in [0.2, 0.25) is 0 Å². The summed E-state index contributed by atoms with van der Waals surface area (Å²) in [7, 11) is 0. The first-order valence-corrected chi connectivity index (χ1v) is 5.89. The van der Waals surface area contributed by atoms with Gasteiger partial charge >= 0.3 is 0 Å². The highest BCUT2D eigenvalue weighted by Gasteiger charge is 2.39. The molecular formula is C13H15FN2O2. The van der Waals surface area contributed by atoms with Crippen molar-refractivity contribution < 1.29 is 14.0 Å². The average Bonchev–Trinajstić information content (AvgIpc) is 3.06. The van der Waals surface area contributed by atoms with Crippen molar-refractivity contribution in [2.24, 2.45) is 11.8 Å². The van der Waals surface area contributed by atoms with E-state index in [1.165, 1.54) is 12.1 Å². The van der Waals surface area contributed by atoms with Crippen molar-refractivity contribution in [3.8, 4) is 0 Å². The highest BCUT2D eigenvalue weighted by molar-refractivity contribution is 5.85. The fraction of sp³-hybridized carbons (Fsp3) is 0.385. The molecule has 0 spiro atoms. The summed E-state index contributed by atoms with van der Waals surface area (Å²) in [6.07, 6.45) is 0.987. The molecule has 1 aromatic carbocycles. The topological polar surface area (TPSA) is 58.2 Å². The monoisotopic (exact) mass is 250 g/mol. The molecule has 2 amide bonds. The predicted molar refractivity (Wildman–Crippen MR) is 63.7 cm³/mol. The van der Waals surface area contributed by atoms with Crippen molar-refractivity contribution >= 4 is 11.8 Å². The average molecular weight is 250 g/mol. The molecule has 1 aliphatic carbocycles. The summed E-state index contributed by atoms with van der Waals surface area (Å²) < 4.78 is 12.7. The Hall–Kier alpha value is -1.91. The van der Waals surface area contributed by atoms with Crippen molar-refractivity contribution in [1.82, 2.24) is 10.9 Å². The van der Waals surface area contributed by atoms with Gasteiger partial charge in [-0.2, -0.15) is 0 Å². The smallest absolute Gasteiger partial charge is 0.242 e. The number of carbonyl (C=O) groups excluding carboxylic acids is 2. The van der Waals surface area contributed by atoms with Crippen LogP contribution < -0.4 is 10.9 Å². The number of hydrogen-bond acceptors (Lipinski definition) is 2. The number of amides is 2. The van der Waals surface area contributed by atoms with Crippen LogP contribution in [0.25, 0.3) is 0 Å². The molecule has 2 rings (SSSR count). The van der Waals surface area contributed by atoms with Gasteiger partial charge in [0.05, 0.1) is 6.42 Å². The lowest BCUT2D eigenvalue weighted by molar-refractivity contribution is -0.129. The summed E-state index contributed by atoms with van der Waals surface area (Å²) in [5, 5.41) is 0. The van der Waals surface area contributed by atoms with E-state index in [0.29, 0.717) is 11.5 Å². The van der Waals surface area contributed by atoms with E-state index >= 15 is 0 Å². The number of benzene rings is 1. The minimum Gasteiger partial charge on any atom is -0.273 e. The Labute approximate surface area is 105 Å². The zero-order valence-corrected chi connectivity index (χ0v) is 10.1. The standard InChI is InChI=1S/C13H15FN2O2/c1-8-6-11(8)13(18)16-15-12(17)7-9-2-4-10(14)5-3-9/h2-5,8,11H,6-7H2,1H3,(H,15,17)(H,16,18)/t8-,11-/m0/s1. The molecule has 0 saturated heterocycles. The Bertz CT molecular complexity index is 459. The van der Waals surface area contributed by atoms with Crippen LogP contribution in [0, 0.1) is 17.7 Å². The maximum absolute atomic E-state index is 12.7. The molecule has 5 heteroatoms. The number of hydrazine groups is 1. The Kier molecular flexibility index (Phi) is 3.60. The van der Waals surface area contributed by atoms with Crippen molar-refractivity contribution in [2.45, 2.75) is 19.8 Å². The molecule has 0 bridgehead atoms. The molecule has 2 atom stereocenters. The minimum atomic E-state index is -0.338. The van der Waals surface area contributed by atoms with E-state index in [4.69, 9.17) is 0 Å². The van der Waals surface area contributed by atoms with E-state index in [1.54, 1.807) is 12.1 Å². The molecule has 0 heterocycles. The van der Waals surface area contributed by atoms with Gasteiger partial charge in [0.1, 0.15) is 5.82 Å². The summed E-state index contributed by atoms with van der Waals surface area (Å²) in [5.41, 5.74) is 5.45. The first-order valence-electron chi connectivity index (χ1n) is 5.89. The summed E-state index contributed by atoms with van der Waals surface area (Å²) in [5.74, 6) is -0.372. The van der Waals surface area contributed by atoms with Crippen LogP contribution >= 0.6 is 0 Å². The summed E-state index contributed by atoms with van der Waals surface area (Å²) in [6.45, 7) is 1.99. The number of halogens is 1. The molecule has 18 heavy (non-hydrogen) atoms. The number of hydrogen-bond donors (Lipinski definition) is 2. The third kappa shape index (κ3) is 3.29. The van der Waals surface area contributed by atoms with Gasteiger partial charge in [0.2, 0.25) is 11.8 Å². The lowest BCUT2D eigenvalue weighted by atomic mass is 10.1. The quantitative estimate of drug-likeness (QED) is 0.791. The van der Waals surface area contributed by atoms with Crippen molar-refractivity contribution in [3.05, 3.63) is 35.6 Å². The minimum absolute atomic E-state index is 0.0242. The lowest BCUT2D eigenvalue weighted by Gasteiger charge is -2.06. The number of carbonyl (C=O) groups is 2. The third-order valence-electron chi connectivity index (χ3n) is 3.05. The zero-order chi connectivity index (χ0) is 13.1. The van der Waals surface area contributed by atoms with Gasteiger partial charge in [-0.15, -0.1) is 0 Å². The molecule has 1 fully saturated rings. The van der Waals surface area contributed by atoms with E-state index < -0.39 is 0 Å². The van der Waals surface area contributed by atoms with Gasteiger partial charge < -0.3 is 0 Å². The van der Waals surface area contributed by atoms with Crippen LogP contribution in [0.5, 0.6) is 0 Å². The summed E-state index contributed by atoms with van der Waals surface area (Å²) in [4.78, 5) is 22.9. The van der Waals surface area contributed by atoms with Crippen molar-refractivity contribution in [3.63, 3.8) is 0 Å². The normalized spacial score (nSPS) is 21.2. The lowest BCUT2D eigenvalue weighted by Crippen LogP contribution is -2.43. The fourth-order valence-electron chi connectivity index (χ4n) is 1.74. The van der Waals surface area contributed by atoms with Gasteiger partial charge in [-0.1, -0.05) is 19.1 Å². The van der Waals surface area contributed by atoms with Gasteiger partial charge in [-0.05, 0) is 30.0 Å². The molecule has 0 aliphatic heterocycles. The largest absolute Gasteiger partial charge is 0.273 e. The maximum atomic E-state index is 12.7. The fourth-order valence-corrected chi connectivity index (χ4v) is 1.74. The van der Waals surface area contributed by atoms with Crippen LogP contribution in [-0.4, -0.2) is 11.8 Å². The summed E-state index contributed by atoms with van der Waals surface area (Å²) in [6, 6.07) is 5.68. The predicted octanol–water partition coefficient (Wildman–Crippen LogP) is 1.17. The van der Waals surface area contributed by atoms with Crippen LogP contribution in [0.4, 0.5) is 4.39 Å².